The average molecular weight is 387 g/mol. The molecule has 1 atom stereocenters. The number of fused-ring (bicyclic) bond motifs is 3. The number of aliphatic hydroxyl groups excluding tert-OH is 1. The first-order chi connectivity index (χ1) is 13.1. The molecule has 1 aliphatic rings. The molecule has 0 amide bonds. The summed E-state index contributed by atoms with van der Waals surface area (Å²) in [5.41, 5.74) is 2.10. The van der Waals surface area contributed by atoms with Gasteiger partial charge in [0.05, 0.1) is 17.9 Å². The maximum atomic E-state index is 12.5. The molecule has 5 nitrogen and oxygen atoms in total. The summed E-state index contributed by atoms with van der Waals surface area (Å²) in [7, 11) is -3.36. The van der Waals surface area contributed by atoms with E-state index < -0.39 is 16.1 Å². The molecule has 4 rings (SSSR count). The van der Waals surface area contributed by atoms with Gasteiger partial charge in [0, 0.05) is 28.4 Å². The van der Waals surface area contributed by atoms with E-state index in [1.54, 1.807) is 0 Å². The molecule has 27 heavy (non-hydrogen) atoms. The summed E-state index contributed by atoms with van der Waals surface area (Å²) >= 11 is 0. The zero-order valence-electron chi connectivity index (χ0n) is 15.3. The Labute approximate surface area is 160 Å². The smallest absolute Gasteiger partial charge is 0.214 e. The zero-order valence-corrected chi connectivity index (χ0v) is 16.2. The van der Waals surface area contributed by atoms with E-state index in [4.69, 9.17) is 0 Å². The van der Waals surface area contributed by atoms with Crippen molar-refractivity contribution < 1.29 is 13.5 Å². The Kier molecular flexibility index (Phi) is 5.21. The Morgan fingerprint density at radius 3 is 2.11 bits per heavy atom. The van der Waals surface area contributed by atoms with Gasteiger partial charge in [-0.25, -0.2) is 13.1 Å². The van der Waals surface area contributed by atoms with Gasteiger partial charge in [0.2, 0.25) is 10.0 Å². The molecular weight excluding hydrogens is 360 g/mol. The highest BCUT2D eigenvalue weighted by molar-refractivity contribution is 7.90. The monoisotopic (exact) mass is 386 g/mol. The minimum absolute atomic E-state index is 0.0413. The molecule has 2 N–H and O–H groups in total. The Bertz CT molecular complexity index is 983. The lowest BCUT2D eigenvalue weighted by molar-refractivity contribution is 0.160. The minimum Gasteiger partial charge on any atom is -0.390 e. The van der Waals surface area contributed by atoms with E-state index in [1.165, 1.54) is 0 Å². The molecule has 1 aliphatic carbocycles. The Balaban J connectivity index is 1.52. The van der Waals surface area contributed by atoms with Crippen LogP contribution in [0, 0.1) is 0 Å². The topological polar surface area (TPSA) is 71.3 Å². The number of hydrogen-bond acceptors (Lipinski definition) is 3. The predicted octanol–water partition coefficient (Wildman–Crippen LogP) is 3.41. The van der Waals surface area contributed by atoms with Gasteiger partial charge in [-0.05, 0) is 25.0 Å². The van der Waals surface area contributed by atoms with Crippen molar-refractivity contribution in [2.75, 3.05) is 6.54 Å². The Morgan fingerprint density at radius 2 is 1.52 bits per heavy atom. The molecule has 1 heterocycles. The van der Waals surface area contributed by atoms with Gasteiger partial charge in [-0.1, -0.05) is 55.7 Å². The lowest BCUT2D eigenvalue weighted by atomic mass is 10.0. The van der Waals surface area contributed by atoms with Crippen LogP contribution in [0.3, 0.4) is 0 Å². The fraction of sp³-hybridized carbons (Fsp3) is 0.429. The second-order valence-electron chi connectivity index (χ2n) is 7.45. The lowest BCUT2D eigenvalue weighted by Gasteiger charge is -2.23. The van der Waals surface area contributed by atoms with Crippen LogP contribution in [0.1, 0.15) is 32.1 Å². The van der Waals surface area contributed by atoms with Gasteiger partial charge in [-0.3, -0.25) is 0 Å². The quantitative estimate of drug-likeness (QED) is 0.682. The molecule has 0 saturated heterocycles. The van der Waals surface area contributed by atoms with Gasteiger partial charge in [-0.15, -0.1) is 0 Å². The summed E-state index contributed by atoms with van der Waals surface area (Å²) in [6, 6.07) is 16.2. The third-order valence-electron chi connectivity index (χ3n) is 5.58. The van der Waals surface area contributed by atoms with Gasteiger partial charge < -0.3 is 9.67 Å². The van der Waals surface area contributed by atoms with Gasteiger partial charge >= 0.3 is 0 Å². The second kappa shape index (κ2) is 7.62. The first-order valence-electron chi connectivity index (χ1n) is 9.69. The van der Waals surface area contributed by atoms with Crippen molar-refractivity contribution in [1.82, 2.24) is 9.29 Å². The number of hydrogen-bond donors (Lipinski definition) is 2. The van der Waals surface area contributed by atoms with Crippen molar-refractivity contribution in [2.45, 2.75) is 50.0 Å². The van der Waals surface area contributed by atoms with E-state index in [9.17, 15) is 13.5 Å². The summed E-state index contributed by atoms with van der Waals surface area (Å²) in [6.45, 7) is 0.390. The van der Waals surface area contributed by atoms with Crippen LogP contribution in [-0.2, 0) is 16.6 Å². The first kappa shape index (κ1) is 18.5. The molecule has 1 unspecified atom stereocenters. The van der Waals surface area contributed by atoms with Crippen LogP contribution in [0.2, 0.25) is 0 Å². The minimum atomic E-state index is -3.36. The highest BCUT2D eigenvalue weighted by Crippen LogP contribution is 2.29. The van der Waals surface area contributed by atoms with E-state index >= 15 is 0 Å². The summed E-state index contributed by atoms with van der Waals surface area (Å²) < 4.78 is 29.7. The number of para-hydroxylation sites is 2. The van der Waals surface area contributed by atoms with Crippen LogP contribution in [-0.4, -0.2) is 36.0 Å². The van der Waals surface area contributed by atoms with Gasteiger partial charge in [0.1, 0.15) is 0 Å². The summed E-state index contributed by atoms with van der Waals surface area (Å²) in [6.07, 6.45) is 3.70. The first-order valence-corrected chi connectivity index (χ1v) is 11.2. The van der Waals surface area contributed by atoms with Crippen molar-refractivity contribution in [3.8, 4) is 0 Å². The average Bonchev–Trinajstić information content (AvgIpc) is 3.01. The van der Waals surface area contributed by atoms with Crippen molar-refractivity contribution in [2.24, 2.45) is 0 Å². The summed E-state index contributed by atoms with van der Waals surface area (Å²) in [5.74, 6) is 0. The molecule has 6 heteroatoms. The number of nitrogens with zero attached hydrogens (tertiary/aromatic N) is 1. The third kappa shape index (κ3) is 3.74. The van der Waals surface area contributed by atoms with Crippen molar-refractivity contribution in [1.29, 1.82) is 0 Å². The van der Waals surface area contributed by atoms with Crippen LogP contribution in [0.5, 0.6) is 0 Å². The molecule has 0 spiro atoms. The van der Waals surface area contributed by atoms with Crippen molar-refractivity contribution in [3.63, 3.8) is 0 Å². The molecule has 144 valence electrons. The number of benzene rings is 2. The number of aromatic nitrogens is 1. The van der Waals surface area contributed by atoms with Crippen molar-refractivity contribution >= 4 is 31.8 Å². The van der Waals surface area contributed by atoms with Crippen LogP contribution >= 0.6 is 0 Å². The zero-order chi connectivity index (χ0) is 18.9. The largest absolute Gasteiger partial charge is 0.390 e. The number of aliphatic hydroxyl groups is 1. The maximum Gasteiger partial charge on any atom is 0.214 e. The van der Waals surface area contributed by atoms with Gasteiger partial charge in [0.25, 0.3) is 0 Å². The Morgan fingerprint density at radius 1 is 0.963 bits per heavy atom. The van der Waals surface area contributed by atoms with E-state index in [1.807, 2.05) is 36.4 Å². The summed E-state index contributed by atoms with van der Waals surface area (Å²) in [4.78, 5) is 0. The molecule has 1 saturated carbocycles. The highest BCUT2D eigenvalue weighted by atomic mass is 32.2. The summed E-state index contributed by atoms with van der Waals surface area (Å²) in [5, 5.41) is 12.5. The molecule has 0 bridgehead atoms. The fourth-order valence-electron chi connectivity index (χ4n) is 4.18. The fourth-order valence-corrected chi connectivity index (χ4v) is 5.80. The van der Waals surface area contributed by atoms with Gasteiger partial charge in [-0.2, -0.15) is 0 Å². The van der Waals surface area contributed by atoms with E-state index in [2.05, 4.69) is 21.4 Å². The molecule has 0 aliphatic heterocycles. The SMILES string of the molecule is O=S(=O)(NCC(O)Cn1c2ccccc2c2ccccc21)C1CCCCC1. The molecule has 1 fully saturated rings. The third-order valence-corrected chi connectivity index (χ3v) is 7.50. The molecular formula is C21H26N2O3S. The van der Waals surface area contributed by atoms with Crippen LogP contribution in [0.4, 0.5) is 0 Å². The Hall–Kier alpha value is -1.89. The number of rotatable bonds is 6. The predicted molar refractivity (Wildman–Crippen MR) is 109 cm³/mol. The van der Waals surface area contributed by atoms with Gasteiger partial charge in [0.15, 0.2) is 0 Å². The number of nitrogens with one attached hydrogen (secondary N) is 1. The van der Waals surface area contributed by atoms with Crippen molar-refractivity contribution in [3.05, 3.63) is 48.5 Å². The second-order valence-corrected chi connectivity index (χ2v) is 9.50. The lowest BCUT2D eigenvalue weighted by Crippen LogP contribution is -2.40. The van der Waals surface area contributed by atoms with Crippen LogP contribution in [0.25, 0.3) is 21.8 Å². The van der Waals surface area contributed by atoms with E-state index in [0.717, 1.165) is 53.9 Å². The molecule has 1 aromatic heterocycles. The standard InChI is InChI=1S/C21H26N2O3S/c24-16(14-22-27(25,26)17-8-2-1-3-9-17)15-23-20-12-6-4-10-18(20)19-11-5-7-13-21(19)23/h4-7,10-13,16-17,22,24H,1-3,8-9,14-15H2. The normalized spacial score (nSPS) is 17.5. The highest BCUT2D eigenvalue weighted by Gasteiger charge is 2.27. The molecule has 0 radical (unpaired) electrons. The van der Waals surface area contributed by atoms with E-state index in [-0.39, 0.29) is 11.8 Å². The number of sulfonamides is 1. The van der Waals surface area contributed by atoms with E-state index in [0.29, 0.717) is 6.54 Å². The van der Waals surface area contributed by atoms with Crippen LogP contribution < -0.4 is 4.72 Å². The van der Waals surface area contributed by atoms with Crippen LogP contribution in [0.15, 0.2) is 48.5 Å². The molecule has 3 aromatic rings. The maximum absolute atomic E-state index is 12.5. The molecule has 2 aromatic carbocycles.